The predicted molar refractivity (Wildman–Crippen MR) is 103 cm³/mol. The van der Waals surface area contributed by atoms with Gasteiger partial charge in [-0.15, -0.1) is 23.7 Å². The number of hydrogen-bond acceptors (Lipinski definition) is 7. The van der Waals surface area contributed by atoms with Gasteiger partial charge in [0, 0.05) is 28.4 Å². The number of aromatic hydroxyl groups is 1. The van der Waals surface area contributed by atoms with Crippen LogP contribution in [0.25, 0.3) is 11.6 Å². The summed E-state index contributed by atoms with van der Waals surface area (Å²) in [7, 11) is 0. The molecule has 1 aliphatic heterocycles. The average molecular weight is 377 g/mol. The first-order valence-electron chi connectivity index (χ1n) is 6.97. The molecule has 122 valence electrons. The highest BCUT2D eigenvalue weighted by Crippen LogP contribution is 2.35. The van der Waals surface area contributed by atoms with Gasteiger partial charge in [-0.1, -0.05) is 17.4 Å². The number of thiophene rings is 1. The number of nitrogens with zero attached hydrogens (tertiary/aromatic N) is 3. The lowest BCUT2D eigenvalue weighted by molar-refractivity contribution is 0.456. The van der Waals surface area contributed by atoms with Gasteiger partial charge in [0.25, 0.3) is 0 Å². The van der Waals surface area contributed by atoms with Crippen LogP contribution < -0.4 is 5.32 Å². The molecule has 0 unspecified atom stereocenters. The van der Waals surface area contributed by atoms with Crippen molar-refractivity contribution < 1.29 is 5.11 Å². The van der Waals surface area contributed by atoms with E-state index in [4.69, 9.17) is 0 Å². The third kappa shape index (κ3) is 3.33. The Morgan fingerprint density at radius 3 is 3.00 bits per heavy atom. The van der Waals surface area contributed by atoms with E-state index in [0.717, 1.165) is 11.1 Å². The summed E-state index contributed by atoms with van der Waals surface area (Å²) in [6.07, 6.45) is 5.37. The molecule has 0 amide bonds. The van der Waals surface area contributed by atoms with Gasteiger partial charge in [0.1, 0.15) is 0 Å². The van der Waals surface area contributed by atoms with Crippen LogP contribution in [0.15, 0.2) is 40.8 Å². The lowest BCUT2D eigenvalue weighted by Gasteiger charge is -1.98. The molecule has 0 spiro atoms. The van der Waals surface area contributed by atoms with E-state index in [2.05, 4.69) is 26.3 Å². The fourth-order valence-electron chi connectivity index (χ4n) is 2.25. The van der Waals surface area contributed by atoms with Crippen LogP contribution >= 0.6 is 35.1 Å². The van der Waals surface area contributed by atoms with Gasteiger partial charge in [-0.25, -0.2) is 9.98 Å². The third-order valence-electron chi connectivity index (χ3n) is 3.34. The molecule has 3 aromatic heterocycles. The van der Waals surface area contributed by atoms with E-state index in [0.29, 0.717) is 22.4 Å². The molecule has 0 radical (unpaired) electrons. The van der Waals surface area contributed by atoms with Crippen molar-refractivity contribution in [1.29, 1.82) is 0 Å². The largest absolute Gasteiger partial charge is 0.492 e. The van der Waals surface area contributed by atoms with Gasteiger partial charge < -0.3 is 10.4 Å². The molecule has 0 saturated heterocycles. The number of rotatable bonds is 4. The second-order valence-electron chi connectivity index (χ2n) is 4.87. The number of aliphatic imine (C=N–C) groups is 1. The van der Waals surface area contributed by atoms with Gasteiger partial charge in [0.15, 0.2) is 10.9 Å². The van der Waals surface area contributed by atoms with E-state index < -0.39 is 0 Å². The van der Waals surface area contributed by atoms with Crippen LogP contribution in [-0.2, 0) is 6.54 Å². The van der Waals surface area contributed by atoms with Gasteiger partial charge in [-0.2, -0.15) is 4.98 Å². The van der Waals surface area contributed by atoms with Gasteiger partial charge in [-0.3, -0.25) is 0 Å². The average Bonchev–Trinajstić information content (AvgIpc) is 3.28. The van der Waals surface area contributed by atoms with Crippen LogP contribution in [0.2, 0.25) is 0 Å². The minimum absolute atomic E-state index is 0. The summed E-state index contributed by atoms with van der Waals surface area (Å²) in [5.41, 5.74) is 1.89. The maximum Gasteiger partial charge on any atom is 0.231 e. The van der Waals surface area contributed by atoms with E-state index in [9.17, 15) is 5.11 Å². The van der Waals surface area contributed by atoms with Crippen molar-refractivity contribution in [3.8, 4) is 5.88 Å². The summed E-state index contributed by atoms with van der Waals surface area (Å²) in [6.45, 7) is 0.703. The van der Waals surface area contributed by atoms with E-state index in [1.54, 1.807) is 23.7 Å². The number of aromatic nitrogens is 2. The van der Waals surface area contributed by atoms with E-state index in [-0.39, 0.29) is 18.3 Å². The molecular weight excluding hydrogens is 364 g/mol. The Kier molecular flexibility index (Phi) is 4.94. The predicted octanol–water partition coefficient (Wildman–Crippen LogP) is 4.60. The highest BCUT2D eigenvalue weighted by atomic mass is 35.5. The molecule has 4 heterocycles. The molecule has 8 heteroatoms. The Bertz CT molecular complexity index is 903. The molecule has 5 nitrogen and oxygen atoms in total. The molecule has 0 aromatic carbocycles. The summed E-state index contributed by atoms with van der Waals surface area (Å²) in [5, 5.41) is 16.0. The van der Waals surface area contributed by atoms with Crippen molar-refractivity contribution in [3.05, 3.63) is 51.2 Å². The number of halogens is 1. The number of pyridine rings is 1. The van der Waals surface area contributed by atoms with Gasteiger partial charge in [0.05, 0.1) is 11.4 Å². The Labute approximate surface area is 152 Å². The van der Waals surface area contributed by atoms with E-state index in [1.807, 2.05) is 29.7 Å². The second kappa shape index (κ2) is 7.12. The maximum absolute atomic E-state index is 10.1. The number of fused-ring (bicyclic) bond motifs is 1. The Balaban J connectivity index is 0.00000169. The minimum Gasteiger partial charge on any atom is -0.492 e. The lowest BCUT2D eigenvalue weighted by Crippen LogP contribution is -1.95. The zero-order valence-electron chi connectivity index (χ0n) is 12.3. The van der Waals surface area contributed by atoms with Crippen molar-refractivity contribution in [2.24, 2.45) is 4.99 Å². The molecule has 0 aliphatic carbocycles. The summed E-state index contributed by atoms with van der Waals surface area (Å²) in [5.74, 6) is 0.737. The van der Waals surface area contributed by atoms with Crippen LogP contribution in [0.4, 0.5) is 10.9 Å². The Morgan fingerprint density at radius 2 is 2.17 bits per heavy atom. The highest BCUT2D eigenvalue weighted by molar-refractivity contribution is 7.16. The summed E-state index contributed by atoms with van der Waals surface area (Å²) >= 11 is 3.10. The summed E-state index contributed by atoms with van der Waals surface area (Å²) < 4.78 is 0. The normalized spacial score (nSPS) is 13.8. The molecule has 0 atom stereocenters. The Morgan fingerprint density at radius 1 is 1.25 bits per heavy atom. The second-order valence-corrected chi connectivity index (χ2v) is 6.94. The molecule has 2 N–H and O–H groups in total. The molecule has 0 fully saturated rings. The number of hydrogen-bond donors (Lipinski definition) is 2. The zero-order valence-corrected chi connectivity index (χ0v) is 14.8. The van der Waals surface area contributed by atoms with Crippen molar-refractivity contribution in [3.63, 3.8) is 0 Å². The Hall–Kier alpha value is -2.22. The fourth-order valence-corrected chi connectivity index (χ4v) is 3.70. The minimum atomic E-state index is 0. The molecule has 24 heavy (non-hydrogen) atoms. The quantitative estimate of drug-likeness (QED) is 0.698. The molecule has 1 aliphatic rings. The molecule has 0 bridgehead atoms. The SMILES string of the molecule is Cl.Oc1nc(NCc2cccs2)sc1C=C1C=Nc2ncccc21. The van der Waals surface area contributed by atoms with Gasteiger partial charge >= 0.3 is 0 Å². The van der Waals surface area contributed by atoms with Crippen molar-refractivity contribution in [2.75, 3.05) is 5.32 Å². The lowest BCUT2D eigenvalue weighted by atomic mass is 10.1. The first-order chi connectivity index (χ1) is 11.3. The van der Waals surface area contributed by atoms with Crippen LogP contribution in [0.3, 0.4) is 0 Å². The molecule has 0 saturated carbocycles. The summed E-state index contributed by atoms with van der Waals surface area (Å²) in [4.78, 5) is 14.6. The smallest absolute Gasteiger partial charge is 0.231 e. The van der Waals surface area contributed by atoms with Gasteiger partial charge in [0.2, 0.25) is 5.88 Å². The molecule has 3 aromatic rings. The van der Waals surface area contributed by atoms with Crippen LogP contribution in [0.1, 0.15) is 15.3 Å². The maximum atomic E-state index is 10.1. The number of thiazole rings is 1. The molecule has 4 rings (SSSR count). The van der Waals surface area contributed by atoms with E-state index >= 15 is 0 Å². The van der Waals surface area contributed by atoms with E-state index in [1.165, 1.54) is 16.2 Å². The standard InChI is InChI=1S/C16H12N4OS2.ClH/c21-15-13(7-10-8-18-14-12(10)4-1-5-17-14)23-16(20-15)19-9-11-3-2-6-22-11;/h1-8,21H,9H2,(H,19,20);1H. The van der Waals surface area contributed by atoms with Crippen LogP contribution in [0, 0.1) is 0 Å². The van der Waals surface area contributed by atoms with Crippen molar-refractivity contribution in [2.45, 2.75) is 6.54 Å². The zero-order chi connectivity index (χ0) is 15.6. The number of anilines is 1. The van der Waals surface area contributed by atoms with Crippen molar-refractivity contribution >= 4 is 63.9 Å². The monoisotopic (exact) mass is 376 g/mol. The third-order valence-corrected chi connectivity index (χ3v) is 5.16. The molecular formula is C16H13ClN4OS2. The fraction of sp³-hybridized carbons (Fsp3) is 0.0625. The van der Waals surface area contributed by atoms with Crippen molar-refractivity contribution in [1.82, 2.24) is 9.97 Å². The van der Waals surface area contributed by atoms with Crippen LogP contribution in [-0.4, -0.2) is 21.3 Å². The topological polar surface area (TPSA) is 70.4 Å². The van der Waals surface area contributed by atoms with Gasteiger partial charge in [-0.05, 0) is 29.7 Å². The number of nitrogens with one attached hydrogen (secondary N) is 1. The van der Waals surface area contributed by atoms with Crippen LogP contribution in [0.5, 0.6) is 5.88 Å². The summed E-state index contributed by atoms with van der Waals surface area (Å²) in [6, 6.07) is 7.92. The number of allylic oxidation sites excluding steroid dienone is 1. The highest BCUT2D eigenvalue weighted by Gasteiger charge is 2.15. The first-order valence-corrected chi connectivity index (χ1v) is 8.66. The first kappa shape index (κ1) is 16.6.